The predicted octanol–water partition coefficient (Wildman–Crippen LogP) is 2.49. The van der Waals surface area contributed by atoms with Gasteiger partial charge in [0.2, 0.25) is 6.08 Å². The first-order chi connectivity index (χ1) is 10.7. The van der Waals surface area contributed by atoms with Crippen molar-refractivity contribution in [1.29, 1.82) is 0 Å². The summed E-state index contributed by atoms with van der Waals surface area (Å²) >= 11 is 0. The molecule has 1 aliphatic heterocycles. The van der Waals surface area contributed by atoms with Gasteiger partial charge in [-0.25, -0.2) is 4.79 Å². The first-order valence-corrected chi connectivity index (χ1v) is 7.80. The Morgan fingerprint density at radius 3 is 2.64 bits per heavy atom. The van der Waals surface area contributed by atoms with Gasteiger partial charge in [0.15, 0.2) is 11.5 Å². The van der Waals surface area contributed by atoms with Crippen LogP contribution in [0.1, 0.15) is 31.2 Å². The molecule has 0 bridgehead atoms. The monoisotopic (exact) mass is 302 g/mol. The van der Waals surface area contributed by atoms with Crippen LogP contribution >= 0.6 is 0 Å². The quantitative estimate of drug-likeness (QED) is 0.619. The molecule has 1 aliphatic carbocycles. The van der Waals surface area contributed by atoms with E-state index in [0.29, 0.717) is 5.75 Å². The number of para-hydroxylation sites is 1. The Morgan fingerprint density at radius 2 is 2.05 bits per heavy atom. The topological polar surface area (TPSA) is 51.1 Å². The molecule has 22 heavy (non-hydrogen) atoms. The van der Waals surface area contributed by atoms with Crippen LogP contribution in [0.25, 0.3) is 0 Å². The van der Waals surface area contributed by atoms with E-state index >= 15 is 0 Å². The van der Waals surface area contributed by atoms with Crippen molar-refractivity contribution >= 4 is 6.08 Å². The number of ether oxygens (including phenoxy) is 2. The summed E-state index contributed by atoms with van der Waals surface area (Å²) in [5.74, 6) is 1.46. The lowest BCUT2D eigenvalue weighted by Crippen LogP contribution is -2.35. The van der Waals surface area contributed by atoms with Gasteiger partial charge in [0.1, 0.15) is 11.6 Å². The van der Waals surface area contributed by atoms with Gasteiger partial charge >= 0.3 is 0 Å². The minimum Gasteiger partial charge on any atom is -0.492 e. The van der Waals surface area contributed by atoms with Crippen molar-refractivity contribution in [2.45, 2.75) is 37.3 Å². The molecule has 3 rings (SSSR count). The lowest BCUT2D eigenvalue weighted by Gasteiger charge is -2.30. The standard InChI is InChI=1S/C17H22N2O3/c1-19-10-6-13(7-11-19)22-15-5-3-4-14(16(15)21-2)17(8-9-17)18-12-20/h3-5,13H,6-11H2,1-2H3. The molecule has 0 N–H and O–H groups in total. The fourth-order valence-corrected chi connectivity index (χ4v) is 3.12. The van der Waals surface area contributed by atoms with Crippen LogP contribution in [-0.4, -0.2) is 44.3 Å². The van der Waals surface area contributed by atoms with E-state index in [1.54, 1.807) is 13.2 Å². The zero-order valence-electron chi connectivity index (χ0n) is 13.2. The van der Waals surface area contributed by atoms with Crippen molar-refractivity contribution in [3.63, 3.8) is 0 Å². The normalized spacial score (nSPS) is 21.0. The highest BCUT2D eigenvalue weighted by molar-refractivity contribution is 5.53. The second kappa shape index (κ2) is 6.11. The maximum atomic E-state index is 10.7. The third kappa shape index (κ3) is 2.87. The Hall–Kier alpha value is -1.84. The summed E-state index contributed by atoms with van der Waals surface area (Å²) in [4.78, 5) is 17.0. The fraction of sp³-hybridized carbons (Fsp3) is 0.588. The van der Waals surface area contributed by atoms with Crippen molar-refractivity contribution in [3.8, 4) is 11.5 Å². The van der Waals surface area contributed by atoms with Crippen LogP contribution in [0.3, 0.4) is 0 Å². The minimum atomic E-state index is -0.445. The van der Waals surface area contributed by atoms with E-state index in [1.165, 1.54) is 0 Å². The van der Waals surface area contributed by atoms with Gasteiger partial charge < -0.3 is 14.4 Å². The van der Waals surface area contributed by atoms with E-state index in [-0.39, 0.29) is 6.10 Å². The van der Waals surface area contributed by atoms with Gasteiger partial charge in [0.25, 0.3) is 0 Å². The average Bonchev–Trinajstić information content (AvgIpc) is 3.30. The summed E-state index contributed by atoms with van der Waals surface area (Å²) in [6, 6.07) is 5.85. The maximum Gasteiger partial charge on any atom is 0.235 e. The zero-order chi connectivity index (χ0) is 15.6. The van der Waals surface area contributed by atoms with Crippen molar-refractivity contribution in [2.24, 2.45) is 4.99 Å². The number of piperidine rings is 1. The van der Waals surface area contributed by atoms with Crippen LogP contribution in [0.15, 0.2) is 23.2 Å². The predicted molar refractivity (Wildman–Crippen MR) is 83.2 cm³/mol. The molecular weight excluding hydrogens is 280 g/mol. The molecule has 0 radical (unpaired) electrons. The molecule has 0 spiro atoms. The van der Waals surface area contributed by atoms with E-state index in [0.717, 1.165) is 50.1 Å². The number of hydrogen-bond acceptors (Lipinski definition) is 5. The van der Waals surface area contributed by atoms with Crippen LogP contribution in [0.4, 0.5) is 0 Å². The Balaban J connectivity index is 1.84. The lowest BCUT2D eigenvalue weighted by molar-refractivity contribution is 0.111. The number of methoxy groups -OCH3 is 1. The fourth-order valence-electron chi connectivity index (χ4n) is 3.12. The number of hydrogen-bond donors (Lipinski definition) is 0. The number of aliphatic imine (C=N–C) groups is 1. The molecule has 1 saturated carbocycles. The van der Waals surface area contributed by atoms with Crippen LogP contribution < -0.4 is 9.47 Å². The van der Waals surface area contributed by atoms with E-state index in [1.807, 2.05) is 18.2 Å². The van der Waals surface area contributed by atoms with Crippen LogP contribution in [0.5, 0.6) is 11.5 Å². The van der Waals surface area contributed by atoms with Crippen LogP contribution in [0.2, 0.25) is 0 Å². The number of benzene rings is 1. The number of carbonyl (C=O) groups excluding carboxylic acids is 1. The molecule has 0 aromatic heterocycles. The molecule has 1 aromatic carbocycles. The molecule has 118 valence electrons. The van der Waals surface area contributed by atoms with Gasteiger partial charge in [0, 0.05) is 18.7 Å². The molecule has 2 aliphatic rings. The number of nitrogens with zero attached hydrogens (tertiary/aromatic N) is 2. The zero-order valence-corrected chi connectivity index (χ0v) is 13.2. The SMILES string of the molecule is COc1c(OC2CCN(C)CC2)cccc1C1(N=C=O)CC1. The van der Waals surface area contributed by atoms with Gasteiger partial charge in [-0.2, -0.15) is 4.99 Å². The molecule has 0 unspecified atom stereocenters. The first kappa shape index (κ1) is 15.1. The Morgan fingerprint density at radius 1 is 1.32 bits per heavy atom. The Labute approximate surface area is 130 Å². The van der Waals surface area contributed by atoms with Crippen molar-refractivity contribution in [1.82, 2.24) is 4.90 Å². The molecular formula is C17H22N2O3. The van der Waals surface area contributed by atoms with Crippen molar-refractivity contribution in [3.05, 3.63) is 23.8 Å². The average molecular weight is 302 g/mol. The van der Waals surface area contributed by atoms with Crippen LogP contribution in [-0.2, 0) is 10.3 Å². The van der Waals surface area contributed by atoms with Gasteiger partial charge in [-0.3, -0.25) is 0 Å². The van der Waals surface area contributed by atoms with Gasteiger partial charge in [-0.05, 0) is 38.8 Å². The summed E-state index contributed by atoms with van der Waals surface area (Å²) in [5, 5.41) is 0. The van der Waals surface area contributed by atoms with E-state index in [4.69, 9.17) is 9.47 Å². The largest absolute Gasteiger partial charge is 0.492 e. The van der Waals surface area contributed by atoms with Gasteiger partial charge in [-0.15, -0.1) is 0 Å². The summed E-state index contributed by atoms with van der Waals surface area (Å²) in [7, 11) is 3.77. The molecule has 5 heteroatoms. The molecule has 2 fully saturated rings. The molecule has 0 atom stereocenters. The van der Waals surface area contributed by atoms with E-state index in [2.05, 4.69) is 16.9 Å². The maximum absolute atomic E-state index is 10.7. The number of isocyanates is 1. The molecule has 0 amide bonds. The number of rotatable bonds is 5. The molecule has 5 nitrogen and oxygen atoms in total. The van der Waals surface area contributed by atoms with Crippen molar-refractivity contribution in [2.75, 3.05) is 27.2 Å². The minimum absolute atomic E-state index is 0.213. The Bertz CT molecular complexity index is 584. The summed E-state index contributed by atoms with van der Waals surface area (Å²) in [6.07, 6.45) is 5.66. The second-order valence-corrected chi connectivity index (χ2v) is 6.19. The van der Waals surface area contributed by atoms with E-state index in [9.17, 15) is 4.79 Å². The summed E-state index contributed by atoms with van der Waals surface area (Å²) in [5.41, 5.74) is 0.489. The third-order valence-corrected chi connectivity index (χ3v) is 4.63. The Kier molecular flexibility index (Phi) is 4.19. The molecule has 1 aromatic rings. The van der Waals surface area contributed by atoms with E-state index < -0.39 is 5.54 Å². The lowest BCUT2D eigenvalue weighted by atomic mass is 10.0. The summed E-state index contributed by atoms with van der Waals surface area (Å²) in [6.45, 7) is 2.10. The highest BCUT2D eigenvalue weighted by Gasteiger charge is 2.47. The highest BCUT2D eigenvalue weighted by Crippen LogP contribution is 2.54. The third-order valence-electron chi connectivity index (χ3n) is 4.63. The highest BCUT2D eigenvalue weighted by atomic mass is 16.5. The van der Waals surface area contributed by atoms with Crippen molar-refractivity contribution < 1.29 is 14.3 Å². The summed E-state index contributed by atoms with van der Waals surface area (Å²) < 4.78 is 11.8. The molecule has 1 heterocycles. The van der Waals surface area contributed by atoms with Gasteiger partial charge in [0.05, 0.1) is 7.11 Å². The van der Waals surface area contributed by atoms with Crippen LogP contribution in [0, 0.1) is 0 Å². The van der Waals surface area contributed by atoms with Gasteiger partial charge in [-0.1, -0.05) is 12.1 Å². The second-order valence-electron chi connectivity index (χ2n) is 6.19. The molecule has 1 saturated heterocycles. The smallest absolute Gasteiger partial charge is 0.235 e. The number of likely N-dealkylation sites (tertiary alicyclic amines) is 1. The first-order valence-electron chi connectivity index (χ1n) is 7.80.